The van der Waals surface area contributed by atoms with E-state index in [9.17, 15) is 4.79 Å². The Hall–Kier alpha value is -3.35. The van der Waals surface area contributed by atoms with Crippen LogP contribution < -0.4 is 15.4 Å². The van der Waals surface area contributed by atoms with Crippen molar-refractivity contribution >= 4 is 6.03 Å². The molecule has 2 aromatic heterocycles. The van der Waals surface area contributed by atoms with E-state index < -0.39 is 0 Å². The molecule has 3 rings (SSSR count). The second kappa shape index (κ2) is 9.22. The van der Waals surface area contributed by atoms with Crippen molar-refractivity contribution in [2.75, 3.05) is 19.7 Å². The number of carbonyl (C=O) groups is 1. The van der Waals surface area contributed by atoms with Crippen LogP contribution in [-0.2, 0) is 6.54 Å². The van der Waals surface area contributed by atoms with E-state index in [1.807, 2.05) is 60.8 Å². The average molecular weight is 351 g/mol. The van der Waals surface area contributed by atoms with Crippen molar-refractivity contribution in [3.8, 4) is 17.1 Å². The predicted molar refractivity (Wildman–Crippen MR) is 98.8 cm³/mol. The van der Waals surface area contributed by atoms with E-state index in [4.69, 9.17) is 4.74 Å². The van der Waals surface area contributed by atoms with Gasteiger partial charge >= 0.3 is 6.03 Å². The Balaban J connectivity index is 1.32. The number of aromatic nitrogens is 3. The summed E-state index contributed by atoms with van der Waals surface area (Å²) in [5.41, 5.74) is 1.64. The summed E-state index contributed by atoms with van der Waals surface area (Å²) in [5.74, 6) is 0.789. The van der Waals surface area contributed by atoms with Gasteiger partial charge in [-0.15, -0.1) is 0 Å². The fraction of sp³-hybridized carbons (Fsp3) is 0.211. The van der Waals surface area contributed by atoms with Crippen LogP contribution in [0.25, 0.3) is 11.4 Å². The Bertz CT molecular complexity index is 805. The molecule has 7 nitrogen and oxygen atoms in total. The van der Waals surface area contributed by atoms with Crippen LogP contribution in [0.1, 0.15) is 0 Å². The fourth-order valence-electron chi connectivity index (χ4n) is 2.33. The molecule has 0 fully saturated rings. The average Bonchev–Trinajstić information content (AvgIpc) is 3.16. The molecule has 0 aliphatic carbocycles. The quantitative estimate of drug-likeness (QED) is 0.610. The van der Waals surface area contributed by atoms with Crippen LogP contribution in [0.2, 0.25) is 0 Å². The summed E-state index contributed by atoms with van der Waals surface area (Å²) in [6.45, 7) is 1.92. The van der Waals surface area contributed by atoms with Gasteiger partial charge in [0.05, 0.1) is 18.8 Å². The third-order valence-corrected chi connectivity index (χ3v) is 3.59. The first-order valence-electron chi connectivity index (χ1n) is 8.46. The zero-order chi connectivity index (χ0) is 18.0. The van der Waals surface area contributed by atoms with E-state index in [1.54, 1.807) is 10.9 Å². The summed E-state index contributed by atoms with van der Waals surface area (Å²) >= 11 is 0. The number of pyridine rings is 1. The lowest BCUT2D eigenvalue weighted by Crippen LogP contribution is -2.39. The van der Waals surface area contributed by atoms with Crippen molar-refractivity contribution in [3.05, 3.63) is 67.0 Å². The maximum absolute atomic E-state index is 11.8. The van der Waals surface area contributed by atoms with Gasteiger partial charge in [0, 0.05) is 18.9 Å². The normalized spacial score (nSPS) is 10.3. The summed E-state index contributed by atoms with van der Waals surface area (Å²) < 4.78 is 7.29. The Morgan fingerprint density at radius 1 is 0.962 bits per heavy atom. The van der Waals surface area contributed by atoms with E-state index in [-0.39, 0.29) is 6.03 Å². The van der Waals surface area contributed by atoms with E-state index in [0.29, 0.717) is 26.2 Å². The van der Waals surface area contributed by atoms with Crippen LogP contribution in [0.15, 0.2) is 67.0 Å². The molecular formula is C19H21N5O2. The van der Waals surface area contributed by atoms with Crippen LogP contribution in [-0.4, -0.2) is 40.5 Å². The van der Waals surface area contributed by atoms with Gasteiger partial charge in [-0.1, -0.05) is 24.3 Å². The van der Waals surface area contributed by atoms with Gasteiger partial charge < -0.3 is 15.4 Å². The van der Waals surface area contributed by atoms with Crippen LogP contribution in [0.4, 0.5) is 4.79 Å². The second-order valence-electron chi connectivity index (χ2n) is 5.52. The molecule has 26 heavy (non-hydrogen) atoms. The SMILES string of the molecule is O=C(NCCOc1ccccc1)NCCn1ccc(-c2ccccn2)n1. The number of hydrogen-bond donors (Lipinski definition) is 2. The van der Waals surface area contributed by atoms with Crippen LogP contribution in [0.5, 0.6) is 5.75 Å². The van der Waals surface area contributed by atoms with E-state index in [0.717, 1.165) is 17.1 Å². The molecule has 0 radical (unpaired) electrons. The Labute approximate surface area is 152 Å². The highest BCUT2D eigenvalue weighted by Crippen LogP contribution is 2.12. The Morgan fingerprint density at radius 2 is 1.77 bits per heavy atom. The minimum Gasteiger partial charge on any atom is -0.492 e. The number of rotatable bonds is 8. The molecular weight excluding hydrogens is 330 g/mol. The number of amides is 2. The summed E-state index contributed by atoms with van der Waals surface area (Å²) in [5, 5.41) is 10.0. The Kier molecular flexibility index (Phi) is 6.19. The molecule has 3 aromatic rings. The number of urea groups is 1. The smallest absolute Gasteiger partial charge is 0.314 e. The molecule has 0 unspecified atom stereocenters. The van der Waals surface area contributed by atoms with Crippen LogP contribution >= 0.6 is 0 Å². The molecule has 0 spiro atoms. The molecule has 1 aromatic carbocycles. The summed E-state index contributed by atoms with van der Waals surface area (Å²) in [6.07, 6.45) is 3.61. The predicted octanol–water partition coefficient (Wildman–Crippen LogP) is 2.32. The lowest BCUT2D eigenvalue weighted by molar-refractivity contribution is 0.236. The number of nitrogens with zero attached hydrogens (tertiary/aromatic N) is 3. The third-order valence-electron chi connectivity index (χ3n) is 3.59. The lowest BCUT2D eigenvalue weighted by Gasteiger charge is -2.09. The molecule has 2 heterocycles. The zero-order valence-electron chi connectivity index (χ0n) is 14.3. The van der Waals surface area contributed by atoms with E-state index in [2.05, 4.69) is 20.7 Å². The molecule has 0 aliphatic rings. The highest BCUT2D eigenvalue weighted by Gasteiger charge is 2.04. The van der Waals surface area contributed by atoms with Gasteiger partial charge in [-0.2, -0.15) is 5.10 Å². The highest BCUT2D eigenvalue weighted by atomic mass is 16.5. The molecule has 0 bridgehead atoms. The van der Waals surface area contributed by atoms with Crippen molar-refractivity contribution in [2.24, 2.45) is 0 Å². The van der Waals surface area contributed by atoms with Crippen molar-refractivity contribution in [1.29, 1.82) is 0 Å². The Morgan fingerprint density at radius 3 is 2.58 bits per heavy atom. The molecule has 0 saturated heterocycles. The van der Waals surface area contributed by atoms with Gasteiger partial charge in [0.15, 0.2) is 0 Å². The van der Waals surface area contributed by atoms with Gasteiger partial charge in [-0.3, -0.25) is 9.67 Å². The first-order chi connectivity index (χ1) is 12.8. The van der Waals surface area contributed by atoms with Crippen molar-refractivity contribution in [2.45, 2.75) is 6.54 Å². The zero-order valence-corrected chi connectivity index (χ0v) is 14.3. The van der Waals surface area contributed by atoms with E-state index in [1.165, 1.54) is 0 Å². The minimum atomic E-state index is -0.223. The van der Waals surface area contributed by atoms with Crippen LogP contribution in [0.3, 0.4) is 0 Å². The summed E-state index contributed by atoms with van der Waals surface area (Å²) in [6, 6.07) is 16.9. The number of nitrogens with one attached hydrogen (secondary N) is 2. The standard InChI is InChI=1S/C19H21N5O2/c25-19(22-12-15-26-16-6-2-1-3-7-16)21-11-14-24-13-9-18(23-24)17-8-4-5-10-20-17/h1-10,13H,11-12,14-15H2,(H2,21,22,25). The third kappa shape index (κ3) is 5.34. The summed E-state index contributed by atoms with van der Waals surface area (Å²) in [4.78, 5) is 16.0. The number of para-hydroxylation sites is 1. The molecule has 134 valence electrons. The molecule has 2 amide bonds. The molecule has 0 atom stereocenters. The van der Waals surface area contributed by atoms with Crippen molar-refractivity contribution < 1.29 is 9.53 Å². The van der Waals surface area contributed by atoms with Gasteiger partial charge in [-0.25, -0.2) is 4.79 Å². The number of ether oxygens (including phenoxy) is 1. The first kappa shape index (κ1) is 17.5. The van der Waals surface area contributed by atoms with Gasteiger partial charge in [0.25, 0.3) is 0 Å². The molecule has 2 N–H and O–H groups in total. The first-order valence-corrected chi connectivity index (χ1v) is 8.46. The number of hydrogen-bond acceptors (Lipinski definition) is 4. The highest BCUT2D eigenvalue weighted by molar-refractivity contribution is 5.73. The van der Waals surface area contributed by atoms with Gasteiger partial charge in [0.1, 0.15) is 18.1 Å². The number of benzene rings is 1. The monoisotopic (exact) mass is 351 g/mol. The summed E-state index contributed by atoms with van der Waals surface area (Å²) in [7, 11) is 0. The van der Waals surface area contributed by atoms with Crippen LogP contribution in [0, 0.1) is 0 Å². The largest absolute Gasteiger partial charge is 0.492 e. The van der Waals surface area contributed by atoms with Gasteiger partial charge in [-0.05, 0) is 30.3 Å². The maximum atomic E-state index is 11.8. The van der Waals surface area contributed by atoms with E-state index >= 15 is 0 Å². The molecule has 7 heteroatoms. The number of carbonyl (C=O) groups excluding carboxylic acids is 1. The molecule has 0 aliphatic heterocycles. The lowest BCUT2D eigenvalue weighted by atomic mass is 10.3. The van der Waals surface area contributed by atoms with Crippen molar-refractivity contribution in [3.63, 3.8) is 0 Å². The topological polar surface area (TPSA) is 81.1 Å². The second-order valence-corrected chi connectivity index (χ2v) is 5.52. The van der Waals surface area contributed by atoms with Gasteiger partial charge in [0.2, 0.25) is 0 Å². The maximum Gasteiger partial charge on any atom is 0.314 e. The van der Waals surface area contributed by atoms with Crippen molar-refractivity contribution in [1.82, 2.24) is 25.4 Å². The minimum absolute atomic E-state index is 0.223. The molecule has 0 saturated carbocycles. The fourth-order valence-corrected chi connectivity index (χ4v) is 2.33.